The third kappa shape index (κ3) is 4.76. The predicted molar refractivity (Wildman–Crippen MR) is 130 cm³/mol. The van der Waals surface area contributed by atoms with Crippen LogP contribution in [0.2, 0.25) is 0 Å². The van der Waals surface area contributed by atoms with E-state index in [1.807, 2.05) is 45.0 Å². The highest BCUT2D eigenvalue weighted by Crippen LogP contribution is 2.55. The highest BCUT2D eigenvalue weighted by molar-refractivity contribution is 7.18. The number of benzene rings is 1. The normalized spacial score (nSPS) is 28.5. The Hall–Kier alpha value is -2.48. The van der Waals surface area contributed by atoms with Crippen LogP contribution in [0.3, 0.4) is 0 Å². The van der Waals surface area contributed by atoms with Crippen LogP contribution in [0.15, 0.2) is 24.3 Å². The monoisotopic (exact) mass is 467 g/mol. The second-order valence-corrected chi connectivity index (χ2v) is 11.8. The summed E-state index contributed by atoms with van der Waals surface area (Å²) in [6.07, 6.45) is 7.22. The molecule has 1 heterocycles. The van der Waals surface area contributed by atoms with Gasteiger partial charge in [-0.05, 0) is 75.2 Å². The lowest BCUT2D eigenvalue weighted by Gasteiger charge is -2.56. The summed E-state index contributed by atoms with van der Waals surface area (Å²) in [4.78, 5) is 26.0. The summed E-state index contributed by atoms with van der Waals surface area (Å²) in [6, 6.07) is 7.14. The molecule has 0 spiro atoms. The smallest absolute Gasteiger partial charge is 0.315 e. The Bertz CT molecular complexity index is 1010. The van der Waals surface area contributed by atoms with Crippen LogP contribution in [0, 0.1) is 30.6 Å². The zero-order chi connectivity index (χ0) is 23.2. The number of nitrogens with one attached hydrogen (secondary N) is 3. The average Bonchev–Trinajstić information content (AvgIpc) is 3.19. The first-order valence-corrected chi connectivity index (χ1v) is 12.9. The van der Waals surface area contributed by atoms with Crippen molar-refractivity contribution >= 4 is 28.4 Å². The maximum atomic E-state index is 13.0. The first kappa shape index (κ1) is 22.3. The highest BCUT2D eigenvalue weighted by atomic mass is 32.1. The van der Waals surface area contributed by atoms with E-state index in [4.69, 9.17) is 0 Å². The SMILES string of the molecule is Cc1cccc(-c2nnc(NC(=O)C(NC(=O)NC34CC5CC(CC(C5)C3)C4)C(C)C)s2)c1. The van der Waals surface area contributed by atoms with E-state index < -0.39 is 6.04 Å². The van der Waals surface area contributed by atoms with Gasteiger partial charge in [0.05, 0.1) is 0 Å². The van der Waals surface area contributed by atoms with Crippen LogP contribution in [-0.4, -0.2) is 33.7 Å². The molecule has 176 valence electrons. The number of anilines is 1. The summed E-state index contributed by atoms with van der Waals surface area (Å²) >= 11 is 1.33. The van der Waals surface area contributed by atoms with Gasteiger partial charge in [-0.25, -0.2) is 4.79 Å². The van der Waals surface area contributed by atoms with E-state index in [0.29, 0.717) is 5.13 Å². The van der Waals surface area contributed by atoms with E-state index in [1.165, 1.54) is 30.6 Å². The summed E-state index contributed by atoms with van der Waals surface area (Å²) in [6.45, 7) is 5.90. The first-order chi connectivity index (χ1) is 15.8. The van der Waals surface area contributed by atoms with Gasteiger partial charge in [-0.3, -0.25) is 10.1 Å². The number of carbonyl (C=O) groups excluding carboxylic acids is 2. The zero-order valence-electron chi connectivity index (χ0n) is 19.6. The minimum atomic E-state index is -0.648. The molecule has 1 atom stereocenters. The fraction of sp³-hybridized carbons (Fsp3) is 0.600. The molecular weight excluding hydrogens is 434 g/mol. The van der Waals surface area contributed by atoms with Gasteiger partial charge in [0.15, 0.2) is 0 Å². The van der Waals surface area contributed by atoms with Gasteiger partial charge in [0, 0.05) is 11.1 Å². The van der Waals surface area contributed by atoms with Crippen LogP contribution >= 0.6 is 11.3 Å². The molecule has 2 aromatic rings. The number of rotatable bonds is 6. The van der Waals surface area contributed by atoms with Gasteiger partial charge in [-0.15, -0.1) is 10.2 Å². The Kier molecular flexibility index (Phi) is 5.89. The van der Waals surface area contributed by atoms with Crippen molar-refractivity contribution in [1.29, 1.82) is 0 Å². The maximum Gasteiger partial charge on any atom is 0.315 e. The van der Waals surface area contributed by atoms with Gasteiger partial charge in [0.25, 0.3) is 0 Å². The summed E-state index contributed by atoms with van der Waals surface area (Å²) < 4.78 is 0. The van der Waals surface area contributed by atoms with Crippen LogP contribution in [0.4, 0.5) is 9.93 Å². The van der Waals surface area contributed by atoms with Crippen molar-refractivity contribution in [2.45, 2.75) is 70.9 Å². The molecule has 0 saturated heterocycles. The van der Waals surface area contributed by atoms with Crippen molar-refractivity contribution in [2.24, 2.45) is 23.7 Å². The lowest BCUT2D eigenvalue weighted by Crippen LogP contribution is -2.63. The third-order valence-electron chi connectivity index (χ3n) is 7.57. The summed E-state index contributed by atoms with van der Waals surface area (Å²) in [5.74, 6) is 1.93. The average molecular weight is 468 g/mol. The third-order valence-corrected chi connectivity index (χ3v) is 8.46. The van der Waals surface area contributed by atoms with E-state index in [2.05, 4.69) is 26.1 Å². The topological polar surface area (TPSA) is 96.0 Å². The van der Waals surface area contributed by atoms with Crippen molar-refractivity contribution < 1.29 is 9.59 Å². The molecule has 4 saturated carbocycles. The molecule has 1 aromatic carbocycles. The van der Waals surface area contributed by atoms with Crippen LogP contribution < -0.4 is 16.0 Å². The summed E-state index contributed by atoms with van der Waals surface area (Å²) in [5.41, 5.74) is 2.03. The molecule has 0 aliphatic heterocycles. The van der Waals surface area contributed by atoms with E-state index in [9.17, 15) is 9.59 Å². The minimum absolute atomic E-state index is 0.0590. The predicted octanol–water partition coefficient (Wildman–Crippen LogP) is 4.74. The molecule has 1 unspecified atom stereocenters. The molecule has 6 rings (SSSR count). The van der Waals surface area contributed by atoms with Crippen LogP contribution in [0.5, 0.6) is 0 Å². The minimum Gasteiger partial charge on any atom is -0.333 e. The van der Waals surface area contributed by atoms with Gasteiger partial charge in [0.1, 0.15) is 11.0 Å². The standard InChI is InChI=1S/C25H33N5O2S/c1-14(2)20(21(31)27-24-30-29-22(33-24)19-6-4-5-15(3)7-19)26-23(32)28-25-11-16-8-17(12-25)10-18(9-16)13-25/h4-7,14,16-18,20H,8-13H2,1-3H3,(H2,26,28,32)(H,27,30,31). The Morgan fingerprint density at radius 1 is 1.06 bits per heavy atom. The molecule has 4 fully saturated rings. The molecule has 1 aromatic heterocycles. The molecular formula is C25H33N5O2S. The Morgan fingerprint density at radius 2 is 1.73 bits per heavy atom. The fourth-order valence-corrected chi connectivity index (χ4v) is 7.31. The first-order valence-electron chi connectivity index (χ1n) is 12.1. The van der Waals surface area contributed by atoms with Crippen LogP contribution in [-0.2, 0) is 4.79 Å². The van der Waals surface area contributed by atoms with Crippen molar-refractivity contribution in [2.75, 3.05) is 5.32 Å². The molecule has 4 aliphatic carbocycles. The number of nitrogens with zero attached hydrogens (tertiary/aromatic N) is 2. The maximum absolute atomic E-state index is 13.0. The zero-order valence-corrected chi connectivity index (χ0v) is 20.4. The van der Waals surface area contributed by atoms with Gasteiger partial charge < -0.3 is 10.6 Å². The van der Waals surface area contributed by atoms with Gasteiger partial charge >= 0.3 is 6.03 Å². The molecule has 8 heteroatoms. The van der Waals surface area contributed by atoms with Gasteiger partial charge in [-0.1, -0.05) is 48.9 Å². The largest absolute Gasteiger partial charge is 0.333 e. The van der Waals surface area contributed by atoms with Crippen LogP contribution in [0.1, 0.15) is 57.9 Å². The van der Waals surface area contributed by atoms with E-state index >= 15 is 0 Å². The molecule has 3 N–H and O–H groups in total. The second-order valence-electron chi connectivity index (χ2n) is 10.8. The lowest BCUT2D eigenvalue weighted by atomic mass is 9.53. The number of aryl methyl sites for hydroxylation is 1. The lowest BCUT2D eigenvalue weighted by molar-refractivity contribution is -0.118. The highest BCUT2D eigenvalue weighted by Gasteiger charge is 2.51. The Labute approximate surface area is 199 Å². The number of aromatic nitrogens is 2. The number of urea groups is 1. The number of amides is 3. The van der Waals surface area contributed by atoms with Crippen molar-refractivity contribution in [1.82, 2.24) is 20.8 Å². The number of hydrogen-bond donors (Lipinski definition) is 3. The van der Waals surface area contributed by atoms with Crippen molar-refractivity contribution in [3.63, 3.8) is 0 Å². The Morgan fingerprint density at radius 3 is 2.33 bits per heavy atom. The van der Waals surface area contributed by atoms with E-state index in [-0.39, 0.29) is 23.4 Å². The van der Waals surface area contributed by atoms with Gasteiger partial charge in [0.2, 0.25) is 11.0 Å². The molecule has 3 amide bonds. The van der Waals surface area contributed by atoms with Crippen molar-refractivity contribution in [3.8, 4) is 10.6 Å². The quantitative estimate of drug-likeness (QED) is 0.571. The summed E-state index contributed by atoms with van der Waals surface area (Å²) in [5, 5.41) is 18.7. The number of carbonyl (C=O) groups is 2. The van der Waals surface area contributed by atoms with E-state index in [1.54, 1.807) is 0 Å². The molecule has 4 bridgehead atoms. The fourth-order valence-electron chi connectivity index (χ4n) is 6.57. The number of hydrogen-bond acceptors (Lipinski definition) is 5. The van der Waals surface area contributed by atoms with E-state index in [0.717, 1.165) is 53.2 Å². The second kappa shape index (κ2) is 8.70. The molecule has 0 radical (unpaired) electrons. The Balaban J connectivity index is 1.22. The van der Waals surface area contributed by atoms with Crippen molar-refractivity contribution in [3.05, 3.63) is 29.8 Å². The summed E-state index contributed by atoms with van der Waals surface area (Å²) in [7, 11) is 0. The van der Waals surface area contributed by atoms with Crippen LogP contribution in [0.25, 0.3) is 10.6 Å². The molecule has 7 nitrogen and oxygen atoms in total. The van der Waals surface area contributed by atoms with Gasteiger partial charge in [-0.2, -0.15) is 0 Å². The molecule has 4 aliphatic rings. The molecule has 33 heavy (non-hydrogen) atoms.